The summed E-state index contributed by atoms with van der Waals surface area (Å²) >= 11 is 0. The molecule has 2 heterocycles. The van der Waals surface area contributed by atoms with Crippen molar-refractivity contribution in [3.05, 3.63) is 23.8 Å². The first kappa shape index (κ1) is 10.6. The second-order valence-electron chi connectivity index (χ2n) is 4.57. The molecule has 3 rings (SSSR count). The predicted molar refractivity (Wildman–Crippen MR) is 65.3 cm³/mol. The van der Waals surface area contributed by atoms with Crippen molar-refractivity contribution in [2.24, 2.45) is 0 Å². The van der Waals surface area contributed by atoms with Crippen LogP contribution in [0.4, 0.5) is 0 Å². The molecule has 4 heteroatoms. The first-order chi connectivity index (χ1) is 8.33. The zero-order valence-corrected chi connectivity index (χ0v) is 9.90. The van der Waals surface area contributed by atoms with Crippen LogP contribution in [0.1, 0.15) is 18.4 Å². The number of aryl methyl sites for hydroxylation is 1. The number of piperidine rings is 1. The second kappa shape index (κ2) is 4.37. The lowest BCUT2D eigenvalue weighted by molar-refractivity contribution is 0.155. The largest absolute Gasteiger partial charge is 0.470 e. The molecule has 1 atom stereocenters. The average molecular weight is 232 g/mol. The summed E-state index contributed by atoms with van der Waals surface area (Å²) in [5, 5.41) is 8.30. The van der Waals surface area contributed by atoms with E-state index >= 15 is 0 Å². The van der Waals surface area contributed by atoms with E-state index in [9.17, 15) is 0 Å². The van der Waals surface area contributed by atoms with E-state index < -0.39 is 0 Å². The SMILES string of the molecule is Cc1ccc2onc(OC3CCCNC3)c2c1. The van der Waals surface area contributed by atoms with Crippen LogP contribution in [0, 0.1) is 6.92 Å². The van der Waals surface area contributed by atoms with Crippen molar-refractivity contribution < 1.29 is 9.26 Å². The summed E-state index contributed by atoms with van der Waals surface area (Å²) in [5.74, 6) is 0.623. The van der Waals surface area contributed by atoms with Crippen LogP contribution in [0.25, 0.3) is 11.0 Å². The quantitative estimate of drug-likeness (QED) is 0.862. The van der Waals surface area contributed by atoms with Crippen LogP contribution in [0.2, 0.25) is 0 Å². The number of rotatable bonds is 2. The fourth-order valence-corrected chi connectivity index (χ4v) is 2.19. The van der Waals surface area contributed by atoms with Crippen LogP contribution < -0.4 is 10.1 Å². The van der Waals surface area contributed by atoms with Gasteiger partial charge in [0.2, 0.25) is 0 Å². The highest BCUT2D eigenvalue weighted by Crippen LogP contribution is 2.27. The van der Waals surface area contributed by atoms with Gasteiger partial charge in [-0.1, -0.05) is 11.6 Å². The third-order valence-electron chi connectivity index (χ3n) is 3.12. The number of hydrogen-bond acceptors (Lipinski definition) is 4. The van der Waals surface area contributed by atoms with Gasteiger partial charge in [0.05, 0.1) is 5.39 Å². The van der Waals surface area contributed by atoms with Crippen molar-refractivity contribution in [2.45, 2.75) is 25.9 Å². The Morgan fingerprint density at radius 1 is 1.47 bits per heavy atom. The Labute approximate surface area is 99.9 Å². The van der Waals surface area contributed by atoms with Crippen molar-refractivity contribution in [1.82, 2.24) is 10.5 Å². The Balaban J connectivity index is 1.86. The van der Waals surface area contributed by atoms with Gasteiger partial charge < -0.3 is 14.6 Å². The van der Waals surface area contributed by atoms with Crippen molar-refractivity contribution in [3.63, 3.8) is 0 Å². The summed E-state index contributed by atoms with van der Waals surface area (Å²) in [5.41, 5.74) is 1.97. The zero-order valence-electron chi connectivity index (χ0n) is 9.90. The van der Waals surface area contributed by atoms with Crippen LogP contribution in [0.5, 0.6) is 5.88 Å². The van der Waals surface area contributed by atoms with Crippen LogP contribution in [0.3, 0.4) is 0 Å². The average Bonchev–Trinajstić information content (AvgIpc) is 2.73. The molecular weight excluding hydrogens is 216 g/mol. The second-order valence-corrected chi connectivity index (χ2v) is 4.57. The molecule has 0 amide bonds. The highest BCUT2D eigenvalue weighted by molar-refractivity contribution is 5.82. The van der Waals surface area contributed by atoms with E-state index in [0.29, 0.717) is 5.88 Å². The number of ether oxygens (including phenoxy) is 1. The third-order valence-corrected chi connectivity index (χ3v) is 3.12. The van der Waals surface area contributed by atoms with E-state index in [1.807, 2.05) is 12.1 Å². The van der Waals surface area contributed by atoms with E-state index in [-0.39, 0.29) is 6.10 Å². The molecule has 0 saturated carbocycles. The molecule has 1 aliphatic heterocycles. The minimum Gasteiger partial charge on any atom is -0.470 e. The zero-order chi connectivity index (χ0) is 11.7. The molecule has 0 aliphatic carbocycles. The Morgan fingerprint density at radius 3 is 3.24 bits per heavy atom. The van der Waals surface area contributed by atoms with E-state index in [1.54, 1.807) is 0 Å². The van der Waals surface area contributed by atoms with Crippen molar-refractivity contribution >= 4 is 11.0 Å². The van der Waals surface area contributed by atoms with E-state index in [1.165, 1.54) is 5.56 Å². The van der Waals surface area contributed by atoms with Gasteiger partial charge in [0.25, 0.3) is 5.88 Å². The van der Waals surface area contributed by atoms with Gasteiger partial charge in [-0.25, -0.2) is 0 Å². The molecule has 1 aromatic carbocycles. The van der Waals surface area contributed by atoms with Gasteiger partial charge in [0.15, 0.2) is 5.58 Å². The first-order valence-corrected chi connectivity index (χ1v) is 6.06. The number of fused-ring (bicyclic) bond motifs is 1. The molecule has 1 saturated heterocycles. The van der Waals surface area contributed by atoms with Crippen LogP contribution in [0.15, 0.2) is 22.7 Å². The van der Waals surface area contributed by atoms with Gasteiger partial charge in [-0.15, -0.1) is 0 Å². The van der Waals surface area contributed by atoms with Gasteiger partial charge in [-0.3, -0.25) is 0 Å². The summed E-state index contributed by atoms with van der Waals surface area (Å²) < 4.78 is 11.1. The molecule has 0 radical (unpaired) electrons. The van der Waals surface area contributed by atoms with Crippen LogP contribution >= 0.6 is 0 Å². The monoisotopic (exact) mass is 232 g/mol. The highest BCUT2D eigenvalue weighted by atomic mass is 16.5. The van der Waals surface area contributed by atoms with Gasteiger partial charge in [0, 0.05) is 6.54 Å². The standard InChI is InChI=1S/C13H16N2O2/c1-9-4-5-12-11(7-9)13(15-17-12)16-10-3-2-6-14-8-10/h4-5,7,10,14H,2-3,6,8H2,1H3. The maximum absolute atomic E-state index is 5.90. The summed E-state index contributed by atoms with van der Waals surface area (Å²) in [6.45, 7) is 4.02. The fraction of sp³-hybridized carbons (Fsp3) is 0.462. The summed E-state index contributed by atoms with van der Waals surface area (Å²) in [7, 11) is 0. The van der Waals surface area contributed by atoms with Crippen LogP contribution in [-0.4, -0.2) is 24.4 Å². The molecule has 1 unspecified atom stereocenters. The number of aromatic nitrogens is 1. The number of hydrogen-bond donors (Lipinski definition) is 1. The molecule has 4 nitrogen and oxygen atoms in total. The Bertz CT molecular complexity index is 515. The van der Waals surface area contributed by atoms with E-state index in [0.717, 1.165) is 36.9 Å². The predicted octanol–water partition coefficient (Wildman–Crippen LogP) is 2.27. The van der Waals surface area contributed by atoms with Gasteiger partial charge >= 0.3 is 0 Å². The molecular formula is C13H16N2O2. The molecule has 1 N–H and O–H groups in total. The topological polar surface area (TPSA) is 47.3 Å². The lowest BCUT2D eigenvalue weighted by Crippen LogP contribution is -2.37. The Morgan fingerprint density at radius 2 is 2.41 bits per heavy atom. The van der Waals surface area contributed by atoms with Gasteiger partial charge in [-0.05, 0) is 43.6 Å². The summed E-state index contributed by atoms with van der Waals surface area (Å²) in [4.78, 5) is 0. The molecule has 0 bridgehead atoms. The molecule has 0 spiro atoms. The maximum Gasteiger partial charge on any atom is 0.262 e. The summed E-state index contributed by atoms with van der Waals surface area (Å²) in [6, 6.07) is 6.00. The van der Waals surface area contributed by atoms with E-state index in [2.05, 4.69) is 23.5 Å². The fourth-order valence-electron chi connectivity index (χ4n) is 2.19. The number of nitrogens with one attached hydrogen (secondary N) is 1. The molecule has 2 aromatic rings. The number of nitrogens with zero attached hydrogens (tertiary/aromatic N) is 1. The molecule has 1 aromatic heterocycles. The molecule has 90 valence electrons. The lowest BCUT2D eigenvalue weighted by Gasteiger charge is -2.22. The highest BCUT2D eigenvalue weighted by Gasteiger charge is 2.18. The van der Waals surface area contributed by atoms with Gasteiger partial charge in [-0.2, -0.15) is 0 Å². The maximum atomic E-state index is 5.90. The van der Waals surface area contributed by atoms with E-state index in [4.69, 9.17) is 9.26 Å². The van der Waals surface area contributed by atoms with Crippen molar-refractivity contribution in [2.75, 3.05) is 13.1 Å². The third kappa shape index (κ3) is 2.13. The minimum atomic E-state index is 0.206. The van der Waals surface area contributed by atoms with Crippen molar-refractivity contribution in [3.8, 4) is 5.88 Å². The summed E-state index contributed by atoms with van der Waals surface area (Å²) in [6.07, 6.45) is 2.43. The molecule has 1 aliphatic rings. The minimum absolute atomic E-state index is 0.206. The van der Waals surface area contributed by atoms with Crippen LogP contribution in [-0.2, 0) is 0 Å². The lowest BCUT2D eigenvalue weighted by atomic mass is 10.1. The Kier molecular flexibility index (Phi) is 2.73. The molecule has 1 fully saturated rings. The van der Waals surface area contributed by atoms with Gasteiger partial charge in [0.1, 0.15) is 6.10 Å². The first-order valence-electron chi connectivity index (χ1n) is 6.06. The normalized spacial score (nSPS) is 20.6. The smallest absolute Gasteiger partial charge is 0.262 e. The molecule has 17 heavy (non-hydrogen) atoms. The number of benzene rings is 1. The Hall–Kier alpha value is -1.55. The van der Waals surface area contributed by atoms with Crippen molar-refractivity contribution in [1.29, 1.82) is 0 Å².